The molecule has 4 amide bonds. The van der Waals surface area contributed by atoms with Gasteiger partial charge in [0.05, 0.1) is 24.9 Å². The number of nitrogens with zero attached hydrogens (tertiary/aromatic N) is 5. The number of halogens is 3. The molecule has 7 rings (SSSR count). The van der Waals surface area contributed by atoms with Crippen molar-refractivity contribution in [3.8, 4) is 11.3 Å². The molecular weight excluding hydrogens is 741 g/mol. The Kier molecular flexibility index (Phi) is 13.2. The highest BCUT2D eigenvalue weighted by Gasteiger charge is 2.43. The van der Waals surface area contributed by atoms with Crippen molar-refractivity contribution in [3.05, 3.63) is 89.9 Å². The Bertz CT molecular complexity index is 1920. The molecule has 12 nitrogen and oxygen atoms in total. The fraction of sp³-hybridized carbons (Fsp3) is 0.500. The van der Waals surface area contributed by atoms with E-state index in [4.69, 9.17) is 14.5 Å². The summed E-state index contributed by atoms with van der Waals surface area (Å²) in [4.78, 5) is 61.7. The van der Waals surface area contributed by atoms with Gasteiger partial charge in [-0.15, -0.1) is 0 Å². The van der Waals surface area contributed by atoms with Gasteiger partial charge in [0.15, 0.2) is 6.10 Å². The number of carbonyl (C=O) groups excluding carboxylic acids is 4. The molecule has 0 radical (unpaired) electrons. The second-order valence-corrected chi connectivity index (χ2v) is 15.2. The highest BCUT2D eigenvalue weighted by molar-refractivity contribution is 6.12. The molecule has 57 heavy (non-hydrogen) atoms. The molecule has 0 unspecified atom stereocenters. The summed E-state index contributed by atoms with van der Waals surface area (Å²) in [6.07, 6.45) is 5.06. The Labute approximate surface area is 330 Å². The Morgan fingerprint density at radius 3 is 2.47 bits per heavy atom. The minimum Gasteiger partial charge on any atom is -0.381 e. The lowest BCUT2D eigenvalue weighted by Gasteiger charge is -2.42. The number of imidazole rings is 1. The number of alkyl halides is 1. The van der Waals surface area contributed by atoms with Crippen molar-refractivity contribution in [2.75, 3.05) is 59.1 Å². The number of nitrogens with one attached hydrogen (secondary N) is 1. The maximum atomic E-state index is 15.5. The number of imide groups is 1. The normalized spacial score (nSPS) is 22.1. The van der Waals surface area contributed by atoms with E-state index in [-0.39, 0.29) is 74.1 Å². The standard InChI is InChI=1S/C42H49F3N6O6/c43-31-10-11-33(44)32(21-31)35-26-49(24-28-7-3-1-4-8-28)41(47-35)40(29-14-18-56-19-15-29)51(25-30-22-46-23-34(30)45)42(55)36-27-48(17-20-57-36)37(52)9-5-2-6-16-50-38(53)12-13-39(50)54/h1,3-4,7-8,10-13,21,26,29-30,34,36,40,46H,2,5-6,9,14-20,22-25,27H2/t30-,34-,36-,40+/m0/s1. The molecule has 0 spiro atoms. The molecule has 3 aromatic rings. The number of benzene rings is 2. The maximum absolute atomic E-state index is 15.5. The summed E-state index contributed by atoms with van der Waals surface area (Å²) in [6.45, 7) is 2.49. The molecule has 3 saturated heterocycles. The van der Waals surface area contributed by atoms with Gasteiger partial charge >= 0.3 is 0 Å². The number of aromatic nitrogens is 2. The van der Waals surface area contributed by atoms with Gasteiger partial charge in [-0.3, -0.25) is 24.1 Å². The van der Waals surface area contributed by atoms with E-state index in [0.29, 0.717) is 70.8 Å². The first kappa shape index (κ1) is 40.3. The average molecular weight is 791 g/mol. The molecular formula is C42H49F3N6O6. The maximum Gasteiger partial charge on any atom is 0.254 e. The second-order valence-electron chi connectivity index (χ2n) is 15.2. The van der Waals surface area contributed by atoms with Crippen molar-refractivity contribution in [1.82, 2.24) is 29.6 Å². The summed E-state index contributed by atoms with van der Waals surface area (Å²) in [5.41, 5.74) is 1.11. The first-order valence-electron chi connectivity index (χ1n) is 19.9. The van der Waals surface area contributed by atoms with Gasteiger partial charge in [-0.2, -0.15) is 0 Å². The molecule has 0 saturated carbocycles. The van der Waals surface area contributed by atoms with Crippen LogP contribution in [0.3, 0.4) is 0 Å². The zero-order valence-corrected chi connectivity index (χ0v) is 31.9. The summed E-state index contributed by atoms with van der Waals surface area (Å²) in [7, 11) is 0. The fourth-order valence-corrected chi connectivity index (χ4v) is 8.25. The van der Waals surface area contributed by atoms with Crippen LogP contribution in [0.25, 0.3) is 11.3 Å². The number of ether oxygens (including phenoxy) is 2. The van der Waals surface area contributed by atoms with E-state index in [1.165, 1.54) is 17.1 Å². The van der Waals surface area contributed by atoms with Crippen LogP contribution >= 0.6 is 0 Å². The summed E-state index contributed by atoms with van der Waals surface area (Å²) < 4.78 is 59.0. The Hall–Kier alpha value is -4.86. The lowest BCUT2D eigenvalue weighted by atomic mass is 9.88. The van der Waals surface area contributed by atoms with Gasteiger partial charge in [0.2, 0.25) is 5.91 Å². The molecule has 1 N–H and O–H groups in total. The lowest BCUT2D eigenvalue weighted by molar-refractivity contribution is -0.159. The van der Waals surface area contributed by atoms with Crippen LogP contribution in [0.1, 0.15) is 56.0 Å². The minimum absolute atomic E-state index is 0.0112. The second kappa shape index (κ2) is 18.6. The van der Waals surface area contributed by atoms with Crippen molar-refractivity contribution < 1.29 is 41.8 Å². The third kappa shape index (κ3) is 9.65. The fourth-order valence-electron chi connectivity index (χ4n) is 8.25. The predicted molar refractivity (Wildman–Crippen MR) is 203 cm³/mol. The molecule has 4 aliphatic rings. The van der Waals surface area contributed by atoms with E-state index >= 15 is 13.6 Å². The number of unbranched alkanes of at least 4 members (excludes halogenated alkanes) is 2. The number of rotatable bonds is 15. The van der Waals surface area contributed by atoms with Crippen LogP contribution < -0.4 is 5.32 Å². The van der Waals surface area contributed by atoms with Gasteiger partial charge in [0.1, 0.15) is 23.6 Å². The van der Waals surface area contributed by atoms with Crippen LogP contribution in [-0.2, 0) is 35.2 Å². The zero-order valence-electron chi connectivity index (χ0n) is 31.9. The third-order valence-corrected chi connectivity index (χ3v) is 11.4. The Morgan fingerprint density at radius 1 is 0.965 bits per heavy atom. The monoisotopic (exact) mass is 790 g/mol. The molecule has 2 aromatic carbocycles. The van der Waals surface area contributed by atoms with Crippen LogP contribution in [0.4, 0.5) is 13.2 Å². The average Bonchev–Trinajstić information content (AvgIpc) is 3.93. The van der Waals surface area contributed by atoms with Crippen molar-refractivity contribution in [1.29, 1.82) is 0 Å². The predicted octanol–water partition coefficient (Wildman–Crippen LogP) is 4.44. The van der Waals surface area contributed by atoms with Crippen molar-refractivity contribution >= 4 is 23.6 Å². The molecule has 0 aliphatic carbocycles. The van der Waals surface area contributed by atoms with Gasteiger partial charge in [-0.1, -0.05) is 36.8 Å². The smallest absolute Gasteiger partial charge is 0.254 e. The van der Waals surface area contributed by atoms with Crippen LogP contribution in [0.5, 0.6) is 0 Å². The molecule has 4 aliphatic heterocycles. The summed E-state index contributed by atoms with van der Waals surface area (Å²) in [5.74, 6) is -2.72. The van der Waals surface area contributed by atoms with Gasteiger partial charge < -0.3 is 29.2 Å². The van der Waals surface area contributed by atoms with Crippen molar-refractivity contribution in [2.24, 2.45) is 11.8 Å². The number of amides is 4. The first-order valence-corrected chi connectivity index (χ1v) is 19.9. The molecule has 1 aromatic heterocycles. The van der Waals surface area contributed by atoms with Gasteiger partial charge in [-0.25, -0.2) is 18.2 Å². The lowest BCUT2D eigenvalue weighted by Crippen LogP contribution is -2.55. The number of morpholine rings is 1. The van der Waals surface area contributed by atoms with Gasteiger partial charge in [-0.05, 0) is 55.4 Å². The summed E-state index contributed by atoms with van der Waals surface area (Å²) >= 11 is 0. The van der Waals surface area contributed by atoms with Crippen LogP contribution in [0.2, 0.25) is 0 Å². The van der Waals surface area contributed by atoms with Crippen LogP contribution in [0, 0.1) is 23.5 Å². The first-order chi connectivity index (χ1) is 27.7. The van der Waals surface area contributed by atoms with E-state index in [2.05, 4.69) is 5.32 Å². The summed E-state index contributed by atoms with van der Waals surface area (Å²) in [5, 5.41) is 3.10. The molecule has 3 fully saturated rings. The Morgan fingerprint density at radius 2 is 1.74 bits per heavy atom. The molecule has 304 valence electrons. The van der Waals surface area contributed by atoms with E-state index in [1.54, 1.807) is 16.0 Å². The van der Waals surface area contributed by atoms with Gasteiger partial charge in [0.25, 0.3) is 17.7 Å². The largest absolute Gasteiger partial charge is 0.381 e. The molecule has 4 atom stereocenters. The zero-order chi connectivity index (χ0) is 39.9. The van der Waals surface area contributed by atoms with Crippen LogP contribution in [0.15, 0.2) is 66.9 Å². The molecule has 5 heterocycles. The third-order valence-electron chi connectivity index (χ3n) is 11.4. The van der Waals surface area contributed by atoms with Gasteiger partial charge in [0, 0.05) is 88.7 Å². The SMILES string of the molecule is O=C(CCCCCN1C(=O)C=CC1=O)N1CCO[C@H](C(=O)N(C[C@@H]2CNC[C@@H]2F)[C@@H](c2nc(-c3cc(F)ccc3F)cn2Cc2ccccc2)C2CCOCC2)C1. The topological polar surface area (TPSA) is 126 Å². The van der Waals surface area contributed by atoms with E-state index in [9.17, 15) is 18.8 Å². The number of hydrogen-bond donors (Lipinski definition) is 1. The highest BCUT2D eigenvalue weighted by atomic mass is 19.1. The van der Waals surface area contributed by atoms with E-state index in [0.717, 1.165) is 23.8 Å². The Balaban J connectivity index is 1.17. The van der Waals surface area contributed by atoms with Crippen molar-refractivity contribution in [2.45, 2.75) is 63.4 Å². The number of hydrogen-bond acceptors (Lipinski definition) is 8. The van der Waals surface area contributed by atoms with E-state index < -0.39 is 41.8 Å². The molecule has 0 bridgehead atoms. The molecule has 15 heteroatoms. The van der Waals surface area contributed by atoms with Crippen molar-refractivity contribution in [3.63, 3.8) is 0 Å². The van der Waals surface area contributed by atoms with E-state index in [1.807, 2.05) is 34.9 Å². The quantitative estimate of drug-likeness (QED) is 0.177. The number of carbonyl (C=O) groups is 4. The summed E-state index contributed by atoms with van der Waals surface area (Å²) in [6, 6.07) is 12.1. The minimum atomic E-state index is -1.21. The van der Waals surface area contributed by atoms with Crippen LogP contribution in [-0.4, -0.2) is 119 Å². The highest BCUT2D eigenvalue weighted by Crippen LogP contribution is 2.39.